The summed E-state index contributed by atoms with van der Waals surface area (Å²) in [5.41, 5.74) is 0.252. The molecule has 0 aliphatic heterocycles. The maximum absolute atomic E-state index is 11.1. The zero-order chi connectivity index (χ0) is 13.0. The van der Waals surface area contributed by atoms with Gasteiger partial charge in [-0.25, -0.2) is 0 Å². The minimum atomic E-state index is -0.498. The lowest BCUT2D eigenvalue weighted by Crippen LogP contribution is -2.14. The number of nitro groups is 1. The first-order valence-corrected chi connectivity index (χ1v) is 5.89. The molecule has 0 saturated heterocycles. The summed E-state index contributed by atoms with van der Waals surface area (Å²) in [7, 11) is 0. The summed E-state index contributed by atoms with van der Waals surface area (Å²) in [6, 6.07) is 6.07. The molecule has 18 heavy (non-hydrogen) atoms. The van der Waals surface area contributed by atoms with Gasteiger partial charge < -0.3 is 4.79 Å². The number of nitro benzene ring substituents is 1. The Bertz CT molecular complexity index is 516. The summed E-state index contributed by atoms with van der Waals surface area (Å²) in [4.78, 5) is 21.2. The van der Waals surface area contributed by atoms with Gasteiger partial charge in [0, 0.05) is 17.7 Å². The van der Waals surface area contributed by atoms with Gasteiger partial charge in [-0.2, -0.15) is 0 Å². The van der Waals surface area contributed by atoms with E-state index < -0.39 is 10.3 Å². The maximum Gasteiger partial charge on any atom is 0.269 e. The van der Waals surface area contributed by atoms with Crippen LogP contribution in [0.15, 0.2) is 24.3 Å². The van der Waals surface area contributed by atoms with Crippen LogP contribution in [0.5, 0.6) is 0 Å². The van der Waals surface area contributed by atoms with Crippen LogP contribution in [0, 0.1) is 27.4 Å². The molecule has 0 aromatic heterocycles. The van der Waals surface area contributed by atoms with Crippen LogP contribution in [0.1, 0.15) is 31.2 Å². The average Bonchev–Trinajstić information content (AvgIpc) is 2.86. The maximum atomic E-state index is 11.1. The minimum Gasteiger partial charge on any atom is -0.302 e. The van der Waals surface area contributed by atoms with Crippen LogP contribution in [0.3, 0.4) is 0 Å². The first-order valence-electron chi connectivity index (χ1n) is 5.89. The van der Waals surface area contributed by atoms with E-state index in [0.29, 0.717) is 5.56 Å². The van der Waals surface area contributed by atoms with Crippen LogP contribution in [0.25, 0.3) is 0 Å². The molecular weight excluding hydrogens is 230 g/mol. The van der Waals surface area contributed by atoms with Gasteiger partial charge in [0.1, 0.15) is 6.29 Å². The van der Waals surface area contributed by atoms with Crippen molar-refractivity contribution in [3.63, 3.8) is 0 Å². The van der Waals surface area contributed by atoms with Crippen molar-refractivity contribution in [2.45, 2.75) is 25.7 Å². The number of rotatable bonds is 2. The molecule has 0 unspecified atom stereocenters. The fourth-order valence-electron chi connectivity index (χ4n) is 2.14. The number of aldehydes is 1. The molecule has 0 radical (unpaired) electrons. The molecule has 2 rings (SSSR count). The minimum absolute atomic E-state index is 0.0477. The van der Waals surface area contributed by atoms with Crippen molar-refractivity contribution in [2.24, 2.45) is 5.41 Å². The molecule has 0 bridgehead atoms. The summed E-state index contributed by atoms with van der Waals surface area (Å²) < 4.78 is 0. The van der Waals surface area contributed by atoms with E-state index in [1.165, 1.54) is 12.1 Å². The van der Waals surface area contributed by atoms with Gasteiger partial charge in [-0.15, -0.1) is 0 Å². The van der Waals surface area contributed by atoms with Gasteiger partial charge in [0.2, 0.25) is 0 Å². The summed E-state index contributed by atoms with van der Waals surface area (Å²) in [6.07, 6.45) is 4.65. The van der Waals surface area contributed by atoms with Gasteiger partial charge >= 0.3 is 0 Å². The number of benzene rings is 1. The van der Waals surface area contributed by atoms with E-state index in [1.807, 2.05) is 0 Å². The van der Waals surface area contributed by atoms with E-state index in [-0.39, 0.29) is 5.69 Å². The molecule has 1 fully saturated rings. The molecule has 1 saturated carbocycles. The van der Waals surface area contributed by atoms with Crippen molar-refractivity contribution in [3.05, 3.63) is 39.9 Å². The van der Waals surface area contributed by atoms with Crippen molar-refractivity contribution in [1.29, 1.82) is 0 Å². The Kier molecular flexibility index (Phi) is 3.42. The molecule has 0 atom stereocenters. The second kappa shape index (κ2) is 5.01. The normalized spacial score (nSPS) is 16.7. The first-order chi connectivity index (χ1) is 8.65. The zero-order valence-electron chi connectivity index (χ0n) is 9.89. The number of carbonyl (C=O) groups excluding carboxylic acids is 1. The van der Waals surface area contributed by atoms with Crippen molar-refractivity contribution >= 4 is 12.0 Å². The van der Waals surface area contributed by atoms with Crippen LogP contribution in [-0.2, 0) is 4.79 Å². The number of nitrogens with zero attached hydrogens (tertiary/aromatic N) is 1. The smallest absolute Gasteiger partial charge is 0.269 e. The highest BCUT2D eigenvalue weighted by Crippen LogP contribution is 2.35. The lowest BCUT2D eigenvalue weighted by molar-refractivity contribution is -0.384. The van der Waals surface area contributed by atoms with E-state index in [4.69, 9.17) is 0 Å². The molecule has 4 heteroatoms. The molecule has 1 aliphatic rings. The van der Waals surface area contributed by atoms with Crippen LogP contribution < -0.4 is 0 Å². The number of carbonyl (C=O) groups is 1. The molecule has 0 spiro atoms. The molecule has 4 nitrogen and oxygen atoms in total. The van der Waals surface area contributed by atoms with E-state index in [9.17, 15) is 14.9 Å². The van der Waals surface area contributed by atoms with Gasteiger partial charge in [0.05, 0.1) is 10.3 Å². The molecule has 92 valence electrons. The van der Waals surface area contributed by atoms with Crippen LogP contribution in [0.4, 0.5) is 5.69 Å². The largest absolute Gasteiger partial charge is 0.302 e. The Hall–Kier alpha value is -2.15. The SMILES string of the molecule is O=CC1(C#Cc2ccc([N+](=O)[O-])cc2)CCCC1. The highest BCUT2D eigenvalue weighted by molar-refractivity contribution is 5.66. The summed E-state index contributed by atoms with van der Waals surface area (Å²) in [6.45, 7) is 0. The quantitative estimate of drug-likeness (QED) is 0.347. The summed E-state index contributed by atoms with van der Waals surface area (Å²) >= 11 is 0. The molecule has 0 N–H and O–H groups in total. The third-order valence-electron chi connectivity index (χ3n) is 3.26. The van der Waals surface area contributed by atoms with Gasteiger partial charge in [0.25, 0.3) is 5.69 Å². The van der Waals surface area contributed by atoms with Gasteiger partial charge in [0.15, 0.2) is 0 Å². The molecule has 1 aliphatic carbocycles. The van der Waals surface area contributed by atoms with Crippen molar-refractivity contribution in [3.8, 4) is 11.8 Å². The third-order valence-corrected chi connectivity index (χ3v) is 3.26. The van der Waals surface area contributed by atoms with Crippen molar-refractivity contribution < 1.29 is 9.72 Å². The molecule has 0 amide bonds. The Morgan fingerprint density at radius 2 is 1.83 bits per heavy atom. The predicted molar refractivity (Wildman–Crippen MR) is 66.9 cm³/mol. The number of hydrogen-bond donors (Lipinski definition) is 0. The third kappa shape index (κ3) is 2.57. The Morgan fingerprint density at radius 1 is 1.22 bits per heavy atom. The fraction of sp³-hybridized carbons (Fsp3) is 0.357. The average molecular weight is 243 g/mol. The lowest BCUT2D eigenvalue weighted by atomic mass is 9.89. The highest BCUT2D eigenvalue weighted by atomic mass is 16.6. The number of non-ortho nitro benzene ring substituents is 1. The fourth-order valence-corrected chi connectivity index (χ4v) is 2.14. The Labute approximate surface area is 105 Å². The molecule has 1 aromatic carbocycles. The van der Waals surface area contributed by atoms with Crippen LogP contribution >= 0.6 is 0 Å². The van der Waals surface area contributed by atoms with Gasteiger partial charge in [-0.05, 0) is 25.0 Å². The van der Waals surface area contributed by atoms with E-state index >= 15 is 0 Å². The Balaban J connectivity index is 2.19. The highest BCUT2D eigenvalue weighted by Gasteiger charge is 2.31. The summed E-state index contributed by atoms with van der Waals surface area (Å²) in [5.74, 6) is 5.96. The second-order valence-corrected chi connectivity index (χ2v) is 4.54. The predicted octanol–water partition coefficient (Wildman–Crippen LogP) is 2.71. The van der Waals surface area contributed by atoms with Gasteiger partial charge in [-0.3, -0.25) is 10.1 Å². The van der Waals surface area contributed by atoms with Crippen LogP contribution in [-0.4, -0.2) is 11.2 Å². The van der Waals surface area contributed by atoms with Crippen molar-refractivity contribution in [1.82, 2.24) is 0 Å². The molecule has 0 heterocycles. The number of hydrogen-bond acceptors (Lipinski definition) is 3. The monoisotopic (exact) mass is 243 g/mol. The molecule has 1 aromatic rings. The van der Waals surface area contributed by atoms with E-state index in [2.05, 4.69) is 11.8 Å². The molecular formula is C14H13NO3. The van der Waals surface area contributed by atoms with Crippen molar-refractivity contribution in [2.75, 3.05) is 0 Å². The summed E-state index contributed by atoms with van der Waals surface area (Å²) in [5, 5.41) is 10.5. The van der Waals surface area contributed by atoms with Crippen LogP contribution in [0.2, 0.25) is 0 Å². The second-order valence-electron chi connectivity index (χ2n) is 4.54. The first kappa shape index (κ1) is 12.3. The zero-order valence-corrected chi connectivity index (χ0v) is 9.89. The topological polar surface area (TPSA) is 60.2 Å². The van der Waals surface area contributed by atoms with E-state index in [0.717, 1.165) is 32.0 Å². The lowest BCUT2D eigenvalue weighted by Gasteiger charge is -2.12. The standard InChI is InChI=1S/C14H13NO3/c16-11-14(8-1-2-9-14)10-7-12-3-5-13(6-4-12)15(17)18/h3-6,11H,1-2,8-9H2. The van der Waals surface area contributed by atoms with Gasteiger partial charge in [-0.1, -0.05) is 24.7 Å². The van der Waals surface area contributed by atoms with E-state index in [1.54, 1.807) is 12.1 Å². The Morgan fingerprint density at radius 3 is 2.33 bits per heavy atom.